The Morgan fingerprint density at radius 1 is 0.281 bits per heavy atom. The molecular formula is C48H80N2O37S2. The lowest BCUT2D eigenvalue weighted by Crippen LogP contribution is -2.68. The molecule has 21 saturated heterocycles. The zero-order chi connectivity index (χ0) is 65.2. The lowest BCUT2D eigenvalue weighted by Gasteiger charge is -2.50. The normalized spacial score (nSPS) is 50.1. The van der Waals surface area contributed by atoms with Gasteiger partial charge in [-0.1, -0.05) is 0 Å². The second-order valence-electron chi connectivity index (χ2n) is 22.3. The number of carboxylic acid groups (broad SMARTS) is 2. The fraction of sp³-hybridized carbons (Fsp3) is 0.958. The molecule has 0 spiro atoms. The van der Waals surface area contributed by atoms with Crippen molar-refractivity contribution in [1.29, 1.82) is 0 Å². The minimum Gasteiger partial charge on any atom is -0.480 e. The van der Waals surface area contributed by atoms with E-state index in [2.05, 4.69) is 0 Å². The standard InChI is InChI=1S/C48H80N2O37S2/c49-10(40(70)71)6-88-8-17-38-25(62)32(69)48(80-17)85-37-16(5-55)76-44(28(65)21(37)58)83-35-14(3-53)78-46(30(67)23(35)60)87-39-18(9-89-7-11(50)41(72)73)79-47(31(68)24(39)61)84-36-15(4-54)75-43(27(64)20(36)57)81-33-12(1-51)74-42(26(63)19(33)56)82-34-13(2-52)77-45(86-38)29(66)22(34)59/h10-39,42-48,51-69H,1-9,49-50H2,(H,70,71)(H,72,73)/t10-,11-,12?,13?,14?,15?,16?,17?,18?,19-,20-,21-,22-,23-,24-,25-,26?,27?,28?,29?,30?,31?,32?,33-,34-,35-,36+,37-,38-,39+,42-,43-,44+,45-,46+,47+,48-/m1/s1. The largest absolute Gasteiger partial charge is 0.480 e. The predicted octanol–water partition coefficient (Wildman–Crippen LogP) is -14.9. The average Bonchev–Trinajstić information content (AvgIpc) is 0.983. The van der Waals surface area contributed by atoms with Gasteiger partial charge in [0.2, 0.25) is 0 Å². The minimum absolute atomic E-state index is 0.319. The van der Waals surface area contributed by atoms with Gasteiger partial charge in [0.25, 0.3) is 0 Å². The molecule has 21 fully saturated rings. The van der Waals surface area contributed by atoms with Gasteiger partial charge in [0, 0.05) is 23.0 Å². The van der Waals surface area contributed by atoms with Crippen LogP contribution in [0.2, 0.25) is 0 Å². The van der Waals surface area contributed by atoms with Crippen LogP contribution in [0.1, 0.15) is 0 Å². The minimum atomic E-state index is -2.27. The van der Waals surface area contributed by atoms with Crippen LogP contribution in [0.3, 0.4) is 0 Å². The van der Waals surface area contributed by atoms with E-state index in [9.17, 15) is 117 Å². The van der Waals surface area contributed by atoms with Crippen LogP contribution in [0.4, 0.5) is 0 Å². The summed E-state index contributed by atoms with van der Waals surface area (Å²) in [4.78, 5) is 23.2. The second kappa shape index (κ2) is 31.9. The van der Waals surface area contributed by atoms with Crippen molar-refractivity contribution in [2.24, 2.45) is 11.5 Å². The predicted molar refractivity (Wildman–Crippen MR) is 280 cm³/mol. The molecule has 0 saturated carbocycles. The van der Waals surface area contributed by atoms with E-state index in [-0.39, 0.29) is 11.5 Å². The van der Waals surface area contributed by atoms with E-state index in [1.165, 1.54) is 0 Å². The molecule has 89 heavy (non-hydrogen) atoms. The van der Waals surface area contributed by atoms with Crippen LogP contribution < -0.4 is 11.5 Å². The van der Waals surface area contributed by atoms with Crippen LogP contribution in [0.25, 0.3) is 0 Å². The highest BCUT2D eigenvalue weighted by molar-refractivity contribution is 7.99. The van der Waals surface area contributed by atoms with Crippen molar-refractivity contribution in [2.45, 2.75) is 227 Å². The van der Waals surface area contributed by atoms with Crippen LogP contribution >= 0.6 is 23.5 Å². The number of aliphatic hydroxyl groups excluding tert-OH is 19. The Morgan fingerprint density at radius 3 is 0.596 bits per heavy atom. The Kier molecular flexibility index (Phi) is 26.2. The quantitative estimate of drug-likeness (QED) is 0.0724. The maximum Gasteiger partial charge on any atom is 0.321 e. The summed E-state index contributed by atoms with van der Waals surface area (Å²) in [7, 11) is 0. The molecule has 25 N–H and O–H groups in total. The summed E-state index contributed by atoms with van der Waals surface area (Å²) in [6.45, 7) is -5.43. The van der Waals surface area contributed by atoms with Crippen molar-refractivity contribution in [3.63, 3.8) is 0 Å². The lowest BCUT2D eigenvalue weighted by molar-refractivity contribution is -0.395. The van der Waals surface area contributed by atoms with Gasteiger partial charge in [-0.3, -0.25) is 9.59 Å². The molecule has 37 atom stereocenters. The van der Waals surface area contributed by atoms with E-state index in [0.29, 0.717) is 0 Å². The molecule has 21 aliphatic rings. The Labute approximate surface area is 511 Å². The number of carbonyl (C=O) groups is 2. The number of carboxylic acids is 2. The molecule has 516 valence electrons. The van der Waals surface area contributed by atoms with Crippen LogP contribution in [-0.4, -0.2) is 402 Å². The zero-order valence-corrected chi connectivity index (χ0v) is 48.3. The van der Waals surface area contributed by atoms with E-state index < -0.39 is 284 Å². The van der Waals surface area contributed by atoms with E-state index in [1.807, 2.05) is 0 Å². The van der Waals surface area contributed by atoms with Gasteiger partial charge < -0.3 is 185 Å². The van der Waals surface area contributed by atoms with Gasteiger partial charge >= 0.3 is 11.9 Å². The molecule has 14 unspecified atom stereocenters. The smallest absolute Gasteiger partial charge is 0.321 e. The van der Waals surface area contributed by atoms with Crippen molar-refractivity contribution in [2.75, 3.05) is 56.0 Å². The van der Waals surface area contributed by atoms with Crippen molar-refractivity contribution < 1.29 is 183 Å². The number of aliphatic hydroxyl groups is 19. The number of rotatable bonds is 15. The number of thioether (sulfide) groups is 2. The van der Waals surface area contributed by atoms with E-state index in [1.54, 1.807) is 0 Å². The first kappa shape index (κ1) is 73.1. The molecule has 0 aromatic carbocycles. The van der Waals surface area contributed by atoms with Gasteiger partial charge in [0.15, 0.2) is 44.0 Å². The second-order valence-corrected chi connectivity index (χ2v) is 24.4. The Morgan fingerprint density at radius 2 is 0.438 bits per heavy atom. The van der Waals surface area contributed by atoms with Gasteiger partial charge in [-0.15, -0.1) is 0 Å². The average molecular weight is 1340 g/mol. The highest BCUT2D eigenvalue weighted by Gasteiger charge is 2.60. The molecule has 0 aromatic rings. The van der Waals surface area contributed by atoms with E-state index in [0.717, 1.165) is 23.5 Å². The molecule has 21 rings (SSSR count). The Bertz CT molecular complexity index is 2200. The van der Waals surface area contributed by atoms with Crippen molar-refractivity contribution in [1.82, 2.24) is 0 Å². The summed E-state index contributed by atoms with van der Waals surface area (Å²) in [6.07, 6.45) is -71.4. The third-order valence-electron chi connectivity index (χ3n) is 16.2. The highest BCUT2D eigenvalue weighted by atomic mass is 32.2. The van der Waals surface area contributed by atoms with Crippen molar-refractivity contribution in [3.8, 4) is 0 Å². The Balaban J connectivity index is 1.11. The molecule has 21 heterocycles. The Hall–Kier alpha value is -1.76. The molecule has 0 radical (unpaired) electrons. The molecular weight excluding hydrogens is 1260 g/mol. The molecule has 0 aromatic heterocycles. The maximum atomic E-state index is 11.7. The van der Waals surface area contributed by atoms with Gasteiger partial charge in [-0.05, 0) is 0 Å². The first-order valence-corrected chi connectivity index (χ1v) is 30.4. The molecule has 0 amide bonds. The third kappa shape index (κ3) is 15.9. The molecule has 21 aliphatic heterocycles. The van der Waals surface area contributed by atoms with Crippen molar-refractivity contribution >= 4 is 35.5 Å². The van der Waals surface area contributed by atoms with Crippen LogP contribution in [0.5, 0.6) is 0 Å². The van der Waals surface area contributed by atoms with Crippen LogP contribution in [0, 0.1) is 0 Å². The fourth-order valence-electron chi connectivity index (χ4n) is 11.2. The fourth-order valence-corrected chi connectivity index (χ4v) is 13.2. The number of hydrogen-bond donors (Lipinski definition) is 23. The summed E-state index contributed by atoms with van der Waals surface area (Å²) in [6, 6.07) is -2.94. The topological polar surface area (TPSA) is 640 Å². The number of hydrogen-bond acceptors (Lipinski definition) is 39. The highest BCUT2D eigenvalue weighted by Crippen LogP contribution is 2.40. The molecule has 0 aliphatic carbocycles. The van der Waals surface area contributed by atoms with Gasteiger partial charge in [-0.2, -0.15) is 23.5 Å². The van der Waals surface area contributed by atoms with Crippen LogP contribution in [-0.2, 0) is 75.9 Å². The van der Waals surface area contributed by atoms with Crippen LogP contribution in [0.15, 0.2) is 0 Å². The summed E-state index contributed by atoms with van der Waals surface area (Å²) in [5.41, 5.74) is 11.4. The molecule has 14 bridgehead atoms. The van der Waals surface area contributed by atoms with Crippen molar-refractivity contribution in [3.05, 3.63) is 0 Å². The molecule has 39 nitrogen and oxygen atoms in total. The molecule has 41 heteroatoms. The summed E-state index contributed by atoms with van der Waals surface area (Å²) in [5, 5.41) is 233. The number of aliphatic carboxylic acids is 2. The number of nitrogens with two attached hydrogens (primary N) is 2. The summed E-state index contributed by atoms with van der Waals surface area (Å²) < 4.78 is 81.6. The van der Waals surface area contributed by atoms with E-state index >= 15 is 0 Å². The monoisotopic (exact) mass is 1340 g/mol. The summed E-state index contributed by atoms with van der Waals surface area (Å²) >= 11 is 1.60. The van der Waals surface area contributed by atoms with E-state index in [4.69, 9.17) is 77.8 Å². The SMILES string of the molecule is N[C@H](CSCC1O[C@@H]2O[C@@H]3C(CO)O[C@@H](O[C@@H]4C(CO)O[C@@H](O[C@H]5C(CSC[C@@H](N)C(=O)O)O[C@@H](O[C@H]6C(CO)O[C@H](O[C@@H]7C(CO)O[C@H](O[C@@H]8C(CO)O[C@H](O[C@H]1[C@H](O)C2O)C(O)[C@H]8O)C(O)[C@H]7O)C(O)[C@H]6O)C(O)[C@H]5O)C(O)[C@H]4O)C(O)[C@H]3O)C(=O)O. The maximum absolute atomic E-state index is 11.7. The lowest BCUT2D eigenvalue weighted by atomic mass is 9.95. The van der Waals surface area contributed by atoms with Gasteiger partial charge in [0.05, 0.1) is 45.2 Å². The number of ether oxygens (including phenoxy) is 14. The first-order chi connectivity index (χ1) is 42.2. The first-order valence-electron chi connectivity index (χ1n) is 28.1. The summed E-state index contributed by atoms with van der Waals surface area (Å²) in [5.74, 6) is -4.26. The van der Waals surface area contributed by atoms with Gasteiger partial charge in [-0.25, -0.2) is 0 Å². The zero-order valence-electron chi connectivity index (χ0n) is 46.6. The van der Waals surface area contributed by atoms with Gasteiger partial charge in [0.1, 0.15) is 171 Å². The third-order valence-corrected chi connectivity index (χ3v) is 18.5.